The van der Waals surface area contributed by atoms with Gasteiger partial charge in [0.25, 0.3) is 11.8 Å². The third kappa shape index (κ3) is 4.64. The highest BCUT2D eigenvalue weighted by Crippen LogP contribution is 2.45. The number of para-hydroxylation sites is 3. The summed E-state index contributed by atoms with van der Waals surface area (Å²) < 4.78 is 2.05. The highest BCUT2D eigenvalue weighted by Gasteiger charge is 2.41. The fraction of sp³-hybridized carbons (Fsp3) is 0. The second-order valence-electron chi connectivity index (χ2n) is 12.6. The second-order valence-corrected chi connectivity index (χ2v) is 12.6. The second kappa shape index (κ2) is 12.1. The summed E-state index contributed by atoms with van der Waals surface area (Å²) in [6.45, 7) is 7.69. The fourth-order valence-corrected chi connectivity index (χ4v) is 7.54. The zero-order valence-electron chi connectivity index (χ0n) is 27.6. The van der Waals surface area contributed by atoms with Crippen LogP contribution in [0.1, 0.15) is 26.3 Å². The van der Waals surface area contributed by atoms with Gasteiger partial charge < -0.3 is 4.57 Å². The number of hydrogen-bond acceptors (Lipinski definition) is 3. The lowest BCUT2D eigenvalue weighted by Gasteiger charge is -2.23. The monoisotopic (exact) mass is 666 g/mol. The summed E-state index contributed by atoms with van der Waals surface area (Å²) >= 11 is 0. The van der Waals surface area contributed by atoms with Crippen LogP contribution in [0.5, 0.6) is 0 Å². The number of carbonyl (C=O) groups excluding carboxylic acids is 2. The van der Waals surface area contributed by atoms with Crippen molar-refractivity contribution in [2.75, 3.05) is 4.90 Å². The number of aromatic nitrogens is 1. The Morgan fingerprint density at radius 3 is 1.85 bits per heavy atom. The summed E-state index contributed by atoms with van der Waals surface area (Å²) in [7, 11) is 0. The van der Waals surface area contributed by atoms with E-state index in [9.17, 15) is 10.1 Å². The predicted octanol–water partition coefficient (Wildman–Crippen LogP) is 11.0. The molecule has 0 radical (unpaired) electrons. The van der Waals surface area contributed by atoms with E-state index in [1.807, 2.05) is 138 Å². The Bertz CT molecular complexity index is 2770. The van der Waals surface area contributed by atoms with Gasteiger partial charge in [-0.25, -0.2) is 9.74 Å². The van der Waals surface area contributed by atoms with Crippen molar-refractivity contribution in [2.24, 2.45) is 0 Å². The van der Waals surface area contributed by atoms with E-state index < -0.39 is 11.8 Å². The average Bonchev–Trinajstić information content (AvgIpc) is 3.68. The number of amides is 2. The Morgan fingerprint density at radius 1 is 0.558 bits per heavy atom. The molecule has 52 heavy (non-hydrogen) atoms. The fourth-order valence-electron chi connectivity index (χ4n) is 7.54. The van der Waals surface area contributed by atoms with Crippen LogP contribution in [-0.4, -0.2) is 16.4 Å². The number of nitriles is 1. The van der Waals surface area contributed by atoms with Gasteiger partial charge in [0.1, 0.15) is 0 Å². The zero-order chi connectivity index (χ0) is 35.3. The maximum absolute atomic E-state index is 15.1. The van der Waals surface area contributed by atoms with E-state index in [-0.39, 0.29) is 0 Å². The van der Waals surface area contributed by atoms with Crippen LogP contribution in [-0.2, 0) is 0 Å². The predicted molar refractivity (Wildman–Crippen MR) is 206 cm³/mol. The summed E-state index contributed by atoms with van der Waals surface area (Å²) in [5.74, 6) is -0.812. The van der Waals surface area contributed by atoms with E-state index >= 15 is 4.79 Å². The van der Waals surface area contributed by atoms with Gasteiger partial charge in [-0.05, 0) is 53.1 Å². The molecule has 6 nitrogen and oxygen atoms in total. The largest absolute Gasteiger partial charge is 0.308 e. The SMILES string of the molecule is [C-]#[N+]c1cc(C#N)cc(-c2cccc3c4ccccc4n(-c4cccc5c4C(=O)N(c4c(-c6ccccc6)cccc4-c4ccccc4)C5=O)c23)c1. The zero-order valence-corrected chi connectivity index (χ0v) is 27.6. The lowest BCUT2D eigenvalue weighted by molar-refractivity contribution is 0.0926. The van der Waals surface area contributed by atoms with Gasteiger partial charge >= 0.3 is 0 Å². The number of imide groups is 1. The first-order chi connectivity index (χ1) is 25.6. The summed E-state index contributed by atoms with van der Waals surface area (Å²) in [6, 6.07) is 52.2. The molecule has 2 heterocycles. The van der Waals surface area contributed by atoms with Crippen LogP contribution in [0.2, 0.25) is 0 Å². The summed E-state index contributed by atoms with van der Waals surface area (Å²) in [5, 5.41) is 11.7. The van der Waals surface area contributed by atoms with Crippen LogP contribution < -0.4 is 4.90 Å². The molecule has 242 valence electrons. The van der Waals surface area contributed by atoms with Gasteiger partial charge in [-0.15, -0.1) is 0 Å². The summed E-state index contributed by atoms with van der Waals surface area (Å²) in [6.07, 6.45) is 0. The molecular weight excluding hydrogens is 641 g/mol. The van der Waals surface area contributed by atoms with E-state index in [2.05, 4.69) is 10.9 Å². The Hall–Kier alpha value is -7.54. The van der Waals surface area contributed by atoms with Crippen LogP contribution in [0.3, 0.4) is 0 Å². The first kappa shape index (κ1) is 30.5. The number of anilines is 1. The first-order valence-corrected chi connectivity index (χ1v) is 16.8. The van der Waals surface area contributed by atoms with Gasteiger partial charge in [0.05, 0.1) is 46.2 Å². The summed E-state index contributed by atoms with van der Waals surface area (Å²) in [4.78, 5) is 34.8. The third-order valence-corrected chi connectivity index (χ3v) is 9.74. The third-order valence-electron chi connectivity index (χ3n) is 9.74. The smallest absolute Gasteiger partial charge is 0.268 e. The lowest BCUT2D eigenvalue weighted by atomic mass is 9.95. The molecule has 0 unspecified atom stereocenters. The molecule has 6 heteroatoms. The van der Waals surface area contributed by atoms with Gasteiger partial charge in [-0.2, -0.15) is 5.26 Å². The molecule has 0 saturated heterocycles. The Labute approximate surface area is 299 Å². The number of hydrogen-bond donors (Lipinski definition) is 0. The van der Waals surface area contributed by atoms with E-state index in [0.29, 0.717) is 39.3 Å². The van der Waals surface area contributed by atoms with Crippen LogP contribution in [0, 0.1) is 17.9 Å². The first-order valence-electron chi connectivity index (χ1n) is 16.8. The molecule has 2 amide bonds. The van der Waals surface area contributed by atoms with Crippen molar-refractivity contribution >= 4 is 45.0 Å². The molecule has 1 aliphatic rings. The Kier molecular flexibility index (Phi) is 7.10. The Morgan fingerprint density at radius 2 is 1.15 bits per heavy atom. The van der Waals surface area contributed by atoms with Gasteiger partial charge in [0.15, 0.2) is 5.69 Å². The molecule has 7 aromatic carbocycles. The molecule has 0 saturated carbocycles. The number of nitrogens with zero attached hydrogens (tertiary/aromatic N) is 4. The molecule has 0 N–H and O–H groups in total. The van der Waals surface area contributed by atoms with Crippen LogP contribution in [0.25, 0.3) is 65.7 Å². The van der Waals surface area contributed by atoms with Crippen molar-refractivity contribution in [3.8, 4) is 45.1 Å². The number of rotatable bonds is 5. The minimum absolute atomic E-state index is 0.305. The quantitative estimate of drug-likeness (QED) is 0.136. The van der Waals surface area contributed by atoms with Gasteiger partial charge in [-0.1, -0.05) is 121 Å². The van der Waals surface area contributed by atoms with Crippen LogP contribution >= 0.6 is 0 Å². The number of carbonyl (C=O) groups is 2. The molecule has 9 rings (SSSR count). The van der Waals surface area contributed by atoms with E-state index in [0.717, 1.165) is 49.6 Å². The maximum atomic E-state index is 15.1. The highest BCUT2D eigenvalue weighted by molar-refractivity contribution is 6.37. The van der Waals surface area contributed by atoms with Gasteiger partial charge in [0, 0.05) is 33.0 Å². The maximum Gasteiger partial charge on any atom is 0.268 e. The Balaban J connectivity index is 1.32. The normalized spacial score (nSPS) is 12.2. The molecule has 0 atom stereocenters. The molecule has 0 spiro atoms. The topological polar surface area (TPSA) is 70.5 Å². The number of benzene rings is 7. The molecule has 1 aliphatic heterocycles. The van der Waals surface area contributed by atoms with E-state index in [1.165, 1.54) is 4.90 Å². The molecule has 8 aromatic rings. The lowest BCUT2D eigenvalue weighted by Crippen LogP contribution is -2.30. The van der Waals surface area contributed by atoms with Crippen molar-refractivity contribution in [3.63, 3.8) is 0 Å². The molecule has 0 bridgehead atoms. The average molecular weight is 667 g/mol. The molecule has 0 fully saturated rings. The van der Waals surface area contributed by atoms with Crippen molar-refractivity contribution in [3.05, 3.63) is 186 Å². The van der Waals surface area contributed by atoms with Gasteiger partial charge in [0.2, 0.25) is 0 Å². The van der Waals surface area contributed by atoms with Crippen LogP contribution in [0.15, 0.2) is 158 Å². The summed E-state index contributed by atoms with van der Waals surface area (Å²) in [5.41, 5.74) is 8.92. The standard InChI is InChI=1S/C46H26N4O2/c1-48-33-26-29(28-47)25-32(27-33)36-20-11-21-38-37-17-8-9-23-40(37)49(44(36)38)41-24-12-22-39-42(41)46(52)50(45(39)51)43-34(30-13-4-2-5-14-30)18-10-19-35(43)31-15-6-3-7-16-31/h2-27H. The minimum Gasteiger partial charge on any atom is -0.308 e. The van der Waals surface area contributed by atoms with Crippen molar-refractivity contribution in [1.29, 1.82) is 5.26 Å². The van der Waals surface area contributed by atoms with E-state index in [1.54, 1.807) is 24.3 Å². The van der Waals surface area contributed by atoms with Crippen LogP contribution in [0.4, 0.5) is 11.4 Å². The van der Waals surface area contributed by atoms with Crippen molar-refractivity contribution < 1.29 is 9.59 Å². The van der Waals surface area contributed by atoms with Gasteiger partial charge in [-0.3, -0.25) is 9.59 Å². The molecule has 0 aliphatic carbocycles. The van der Waals surface area contributed by atoms with E-state index in [4.69, 9.17) is 6.57 Å². The highest BCUT2D eigenvalue weighted by atomic mass is 16.2. The van der Waals surface area contributed by atoms with Crippen molar-refractivity contribution in [2.45, 2.75) is 0 Å². The molecule has 1 aromatic heterocycles. The number of fused-ring (bicyclic) bond motifs is 4. The minimum atomic E-state index is -0.415. The van der Waals surface area contributed by atoms with Crippen molar-refractivity contribution in [1.82, 2.24) is 4.57 Å². The molecular formula is C46H26N4O2.